The van der Waals surface area contributed by atoms with E-state index in [1.807, 2.05) is 44.2 Å². The molecule has 3 heterocycles. The van der Waals surface area contributed by atoms with Gasteiger partial charge in [0.05, 0.1) is 5.69 Å². The Labute approximate surface area is 170 Å². The normalized spacial score (nSPS) is 13.5. The summed E-state index contributed by atoms with van der Waals surface area (Å²) in [5.74, 6) is 1.53. The lowest BCUT2D eigenvalue weighted by Crippen LogP contribution is -2.28. The second-order valence-electron chi connectivity index (χ2n) is 7.35. The second-order valence-corrected chi connectivity index (χ2v) is 7.35. The van der Waals surface area contributed by atoms with E-state index in [0.717, 1.165) is 41.3 Å². The predicted octanol–water partition coefficient (Wildman–Crippen LogP) is 4.28. The highest BCUT2D eigenvalue weighted by atomic mass is 16.3. The molecule has 2 aromatic heterocycles. The molecular weight excluding hydrogens is 366 g/mol. The Morgan fingerprint density at radius 1 is 1.17 bits per heavy atom. The van der Waals surface area contributed by atoms with Gasteiger partial charge < -0.3 is 20.0 Å². The van der Waals surface area contributed by atoms with Crippen LogP contribution in [0.2, 0.25) is 0 Å². The van der Waals surface area contributed by atoms with Crippen molar-refractivity contribution in [3.63, 3.8) is 0 Å². The number of rotatable bonds is 5. The van der Waals surface area contributed by atoms with Gasteiger partial charge in [-0.3, -0.25) is 0 Å². The average molecular weight is 391 g/mol. The van der Waals surface area contributed by atoms with Crippen molar-refractivity contribution in [2.24, 2.45) is 0 Å². The van der Waals surface area contributed by atoms with Crippen LogP contribution >= 0.6 is 0 Å². The minimum atomic E-state index is -0.261. The lowest BCUT2D eigenvalue weighted by molar-refractivity contribution is 0.251. The van der Waals surface area contributed by atoms with E-state index in [9.17, 15) is 4.79 Å². The van der Waals surface area contributed by atoms with E-state index in [4.69, 9.17) is 4.42 Å². The average Bonchev–Trinajstić information content (AvgIpc) is 3.40. The number of aryl methyl sites for hydroxylation is 2. The number of hydrogen-bond donors (Lipinski definition) is 2. The predicted molar refractivity (Wildman–Crippen MR) is 113 cm³/mol. The lowest BCUT2D eigenvalue weighted by atomic mass is 10.1. The molecule has 0 bridgehead atoms. The van der Waals surface area contributed by atoms with Crippen molar-refractivity contribution in [3.8, 4) is 11.5 Å². The molecular formula is C22H25N5O2. The van der Waals surface area contributed by atoms with Crippen LogP contribution < -0.4 is 15.5 Å². The van der Waals surface area contributed by atoms with E-state index in [0.29, 0.717) is 18.1 Å². The van der Waals surface area contributed by atoms with Gasteiger partial charge in [-0.25, -0.2) is 14.8 Å². The van der Waals surface area contributed by atoms with Gasteiger partial charge >= 0.3 is 6.03 Å². The molecule has 0 saturated carbocycles. The molecule has 1 aliphatic rings. The van der Waals surface area contributed by atoms with Gasteiger partial charge in [0.1, 0.15) is 12.1 Å². The Hall–Kier alpha value is -3.35. The fraction of sp³-hybridized carbons (Fsp3) is 0.318. The zero-order chi connectivity index (χ0) is 20.2. The highest BCUT2D eigenvalue weighted by Gasteiger charge is 2.14. The number of carbonyl (C=O) groups excluding carboxylic acids is 1. The number of nitrogens with zero attached hydrogens (tertiary/aromatic N) is 3. The van der Waals surface area contributed by atoms with Crippen LogP contribution in [0.5, 0.6) is 0 Å². The summed E-state index contributed by atoms with van der Waals surface area (Å²) in [6, 6.07) is 9.39. The van der Waals surface area contributed by atoms with Crippen LogP contribution in [0.4, 0.5) is 16.3 Å². The molecule has 1 fully saturated rings. The molecule has 2 amide bonds. The largest absolute Gasteiger partial charge is 0.444 e. The van der Waals surface area contributed by atoms with Crippen LogP contribution in [0, 0.1) is 13.8 Å². The zero-order valence-corrected chi connectivity index (χ0v) is 16.7. The van der Waals surface area contributed by atoms with E-state index >= 15 is 0 Å². The molecule has 0 radical (unpaired) electrons. The van der Waals surface area contributed by atoms with Gasteiger partial charge in [-0.05, 0) is 62.1 Å². The zero-order valence-electron chi connectivity index (χ0n) is 16.7. The molecule has 0 atom stereocenters. The Kier molecular flexibility index (Phi) is 5.46. The van der Waals surface area contributed by atoms with Crippen molar-refractivity contribution in [3.05, 3.63) is 59.6 Å². The molecule has 1 aromatic carbocycles. The number of oxazole rings is 1. The molecule has 150 valence electrons. The maximum Gasteiger partial charge on any atom is 0.319 e. The number of pyridine rings is 1. The molecule has 1 aliphatic heterocycles. The van der Waals surface area contributed by atoms with Gasteiger partial charge in [0, 0.05) is 37.1 Å². The molecule has 29 heavy (non-hydrogen) atoms. The molecule has 1 saturated heterocycles. The van der Waals surface area contributed by atoms with Crippen LogP contribution in [0.3, 0.4) is 0 Å². The van der Waals surface area contributed by atoms with Gasteiger partial charge in [-0.1, -0.05) is 6.07 Å². The van der Waals surface area contributed by atoms with Crippen LogP contribution in [0.25, 0.3) is 11.5 Å². The number of amides is 2. The summed E-state index contributed by atoms with van der Waals surface area (Å²) < 4.78 is 5.50. The van der Waals surface area contributed by atoms with E-state index in [2.05, 4.69) is 25.5 Å². The Bertz CT molecular complexity index is 1010. The fourth-order valence-corrected chi connectivity index (χ4v) is 3.46. The first-order valence-corrected chi connectivity index (χ1v) is 9.86. The fourth-order valence-electron chi connectivity index (χ4n) is 3.46. The number of benzene rings is 1. The first-order valence-electron chi connectivity index (χ1n) is 9.86. The second kappa shape index (κ2) is 8.34. The number of urea groups is 1. The van der Waals surface area contributed by atoms with Crippen LogP contribution in [-0.2, 0) is 6.54 Å². The van der Waals surface area contributed by atoms with Crippen LogP contribution in [0.1, 0.15) is 29.7 Å². The minimum Gasteiger partial charge on any atom is -0.444 e. The summed E-state index contributed by atoms with van der Waals surface area (Å²) in [5.41, 5.74) is 4.42. The lowest BCUT2D eigenvalue weighted by Gasteiger charge is -2.17. The van der Waals surface area contributed by atoms with Crippen molar-refractivity contribution in [1.82, 2.24) is 15.3 Å². The van der Waals surface area contributed by atoms with Crippen molar-refractivity contribution >= 4 is 17.5 Å². The highest BCUT2D eigenvalue weighted by molar-refractivity contribution is 5.90. The summed E-state index contributed by atoms with van der Waals surface area (Å²) in [6.45, 7) is 6.40. The number of hydrogen-bond acceptors (Lipinski definition) is 5. The van der Waals surface area contributed by atoms with Crippen molar-refractivity contribution < 1.29 is 9.21 Å². The smallest absolute Gasteiger partial charge is 0.319 e. The van der Waals surface area contributed by atoms with E-state index in [1.165, 1.54) is 12.8 Å². The third-order valence-corrected chi connectivity index (χ3v) is 5.04. The standard InChI is InChI=1S/C22H25N5O2/c1-15-5-6-18(12-19(15)21-25-16(2)14-29-21)26-22(28)24-13-17-7-8-23-20(11-17)27-9-3-4-10-27/h5-8,11-12,14H,3-4,9-10,13H2,1-2H3,(H2,24,26,28). The maximum atomic E-state index is 12.4. The van der Waals surface area contributed by atoms with Crippen molar-refractivity contribution in [2.75, 3.05) is 23.3 Å². The summed E-state index contributed by atoms with van der Waals surface area (Å²) >= 11 is 0. The highest BCUT2D eigenvalue weighted by Crippen LogP contribution is 2.26. The molecule has 0 spiro atoms. The van der Waals surface area contributed by atoms with Crippen LogP contribution in [-0.4, -0.2) is 29.1 Å². The quantitative estimate of drug-likeness (QED) is 0.678. The summed E-state index contributed by atoms with van der Waals surface area (Å²) in [5, 5.41) is 5.79. The molecule has 4 rings (SSSR count). The maximum absolute atomic E-state index is 12.4. The Balaban J connectivity index is 1.38. The van der Waals surface area contributed by atoms with Gasteiger partial charge in [0.15, 0.2) is 0 Å². The molecule has 7 heteroatoms. The molecule has 3 aromatic rings. The van der Waals surface area contributed by atoms with Gasteiger partial charge in [-0.15, -0.1) is 0 Å². The summed E-state index contributed by atoms with van der Waals surface area (Å²) in [4.78, 5) is 23.5. The third kappa shape index (κ3) is 4.56. The van der Waals surface area contributed by atoms with E-state index in [1.54, 1.807) is 12.5 Å². The minimum absolute atomic E-state index is 0.261. The number of carbonyl (C=O) groups is 1. The number of aromatic nitrogens is 2. The SMILES string of the molecule is Cc1coc(-c2cc(NC(=O)NCc3ccnc(N4CCCC4)c3)ccc2C)n1. The van der Waals surface area contributed by atoms with E-state index < -0.39 is 0 Å². The summed E-state index contributed by atoms with van der Waals surface area (Å²) in [6.07, 6.45) is 5.83. The third-order valence-electron chi connectivity index (χ3n) is 5.04. The Morgan fingerprint density at radius 3 is 2.76 bits per heavy atom. The molecule has 7 nitrogen and oxygen atoms in total. The van der Waals surface area contributed by atoms with E-state index in [-0.39, 0.29) is 6.03 Å². The van der Waals surface area contributed by atoms with Crippen molar-refractivity contribution in [2.45, 2.75) is 33.2 Å². The number of nitrogens with one attached hydrogen (secondary N) is 2. The topological polar surface area (TPSA) is 83.3 Å². The van der Waals surface area contributed by atoms with Crippen molar-refractivity contribution in [1.29, 1.82) is 0 Å². The first kappa shape index (κ1) is 19.0. The van der Waals surface area contributed by atoms with Gasteiger partial charge in [0.25, 0.3) is 0 Å². The van der Waals surface area contributed by atoms with Gasteiger partial charge in [-0.2, -0.15) is 0 Å². The molecule has 2 N–H and O–H groups in total. The first-order chi connectivity index (χ1) is 14.1. The monoisotopic (exact) mass is 391 g/mol. The Morgan fingerprint density at radius 2 is 2.00 bits per heavy atom. The molecule has 0 aliphatic carbocycles. The summed E-state index contributed by atoms with van der Waals surface area (Å²) in [7, 11) is 0. The van der Waals surface area contributed by atoms with Gasteiger partial charge in [0.2, 0.25) is 5.89 Å². The molecule has 0 unspecified atom stereocenters. The number of anilines is 2. The van der Waals surface area contributed by atoms with Crippen LogP contribution in [0.15, 0.2) is 47.2 Å².